The molecule has 0 fully saturated rings. The highest BCUT2D eigenvalue weighted by molar-refractivity contribution is 5.88. The number of amides is 1. The van der Waals surface area contributed by atoms with E-state index in [1.165, 1.54) is 12.1 Å². The average Bonchev–Trinajstić information content (AvgIpc) is 2.43. The number of carbonyl (C=O) groups excluding carboxylic acids is 2. The predicted octanol–water partition coefficient (Wildman–Crippen LogP) is 2.94. The summed E-state index contributed by atoms with van der Waals surface area (Å²) in [6.45, 7) is 9.10. The van der Waals surface area contributed by atoms with E-state index >= 15 is 0 Å². The first-order valence-corrected chi connectivity index (χ1v) is 8.23. The van der Waals surface area contributed by atoms with Gasteiger partial charge in [-0.05, 0) is 58.7 Å². The summed E-state index contributed by atoms with van der Waals surface area (Å²) in [5.41, 5.74) is -0.326. The lowest BCUT2D eigenvalue weighted by molar-refractivity contribution is -0.155. The van der Waals surface area contributed by atoms with Crippen molar-refractivity contribution in [2.45, 2.75) is 65.0 Å². The van der Waals surface area contributed by atoms with Gasteiger partial charge in [-0.25, -0.2) is 4.79 Å². The Morgan fingerprint density at radius 1 is 1.12 bits per heavy atom. The summed E-state index contributed by atoms with van der Waals surface area (Å²) in [5.74, 6) is -1.55. The molecule has 6 nitrogen and oxygen atoms in total. The molecule has 0 aliphatic heterocycles. The van der Waals surface area contributed by atoms with Gasteiger partial charge in [0.05, 0.1) is 12.0 Å². The minimum Gasteiger partial charge on any atom is -0.478 e. The monoisotopic (exact) mass is 349 g/mol. The van der Waals surface area contributed by atoms with Crippen molar-refractivity contribution >= 4 is 17.8 Å². The van der Waals surface area contributed by atoms with E-state index < -0.39 is 17.1 Å². The molecule has 138 valence electrons. The summed E-state index contributed by atoms with van der Waals surface area (Å²) >= 11 is 0. The minimum atomic E-state index is -1.03. The van der Waals surface area contributed by atoms with E-state index in [0.717, 1.165) is 0 Å². The molecule has 1 amide bonds. The van der Waals surface area contributed by atoms with Crippen molar-refractivity contribution in [1.82, 2.24) is 5.32 Å². The van der Waals surface area contributed by atoms with Crippen molar-refractivity contribution < 1.29 is 24.2 Å². The van der Waals surface area contributed by atoms with Crippen molar-refractivity contribution in [3.63, 3.8) is 0 Å². The molecule has 2 N–H and O–H groups in total. The third-order valence-corrected chi connectivity index (χ3v) is 3.39. The van der Waals surface area contributed by atoms with Gasteiger partial charge in [0.1, 0.15) is 5.60 Å². The van der Waals surface area contributed by atoms with Gasteiger partial charge in [0, 0.05) is 12.0 Å². The van der Waals surface area contributed by atoms with Gasteiger partial charge in [-0.3, -0.25) is 9.59 Å². The Kier molecular flexibility index (Phi) is 6.73. The normalized spacial score (nSPS) is 11.7. The molecule has 25 heavy (non-hydrogen) atoms. The lowest BCUT2D eigenvalue weighted by atomic mass is 9.97. The van der Waals surface area contributed by atoms with Crippen molar-refractivity contribution in [2.75, 3.05) is 0 Å². The fourth-order valence-corrected chi connectivity index (χ4v) is 2.29. The highest BCUT2D eigenvalue weighted by Gasteiger charge is 2.24. The van der Waals surface area contributed by atoms with E-state index in [0.29, 0.717) is 12.0 Å². The fourth-order valence-electron chi connectivity index (χ4n) is 2.29. The van der Waals surface area contributed by atoms with Gasteiger partial charge in [0.2, 0.25) is 5.91 Å². The predicted molar refractivity (Wildman–Crippen MR) is 94.4 cm³/mol. The molecule has 0 atom stereocenters. The molecule has 0 radical (unpaired) electrons. The van der Waals surface area contributed by atoms with Crippen LogP contribution >= 0.6 is 0 Å². The Balaban J connectivity index is 2.56. The lowest BCUT2D eigenvalue weighted by Gasteiger charge is -2.27. The number of carbonyl (C=O) groups is 3. The van der Waals surface area contributed by atoms with Crippen LogP contribution < -0.4 is 5.32 Å². The molecule has 1 aromatic rings. The van der Waals surface area contributed by atoms with E-state index in [1.54, 1.807) is 12.1 Å². The number of hydrogen-bond acceptors (Lipinski definition) is 4. The summed E-state index contributed by atoms with van der Waals surface area (Å²) in [7, 11) is 0. The number of aromatic carboxylic acids is 1. The SMILES string of the molecule is CC(C)(CCC(=O)OC(C)(C)C)NC(=O)Cc1cccc(C(=O)O)c1. The van der Waals surface area contributed by atoms with Gasteiger partial charge < -0.3 is 15.2 Å². The highest BCUT2D eigenvalue weighted by Crippen LogP contribution is 2.16. The number of nitrogens with one attached hydrogen (secondary N) is 1. The summed E-state index contributed by atoms with van der Waals surface area (Å²) in [6.07, 6.45) is 0.735. The Labute approximate surface area is 148 Å². The summed E-state index contributed by atoms with van der Waals surface area (Å²) < 4.78 is 5.26. The van der Waals surface area contributed by atoms with Crippen LogP contribution in [0.4, 0.5) is 0 Å². The number of ether oxygens (including phenoxy) is 1. The van der Waals surface area contributed by atoms with Crippen LogP contribution in [0.1, 0.15) is 63.4 Å². The molecule has 1 aromatic carbocycles. The summed E-state index contributed by atoms with van der Waals surface area (Å²) in [6, 6.07) is 6.28. The zero-order chi connectivity index (χ0) is 19.3. The molecule has 1 rings (SSSR count). The van der Waals surface area contributed by atoms with E-state index in [2.05, 4.69) is 5.32 Å². The molecule has 0 aromatic heterocycles. The van der Waals surface area contributed by atoms with Crippen molar-refractivity contribution in [3.8, 4) is 0 Å². The van der Waals surface area contributed by atoms with Gasteiger partial charge in [-0.2, -0.15) is 0 Å². The van der Waals surface area contributed by atoms with E-state index in [4.69, 9.17) is 9.84 Å². The van der Waals surface area contributed by atoms with Crippen LogP contribution in [0.25, 0.3) is 0 Å². The van der Waals surface area contributed by atoms with Crippen LogP contribution in [0.15, 0.2) is 24.3 Å². The first-order chi connectivity index (χ1) is 11.4. The quantitative estimate of drug-likeness (QED) is 0.738. The maximum absolute atomic E-state index is 12.2. The zero-order valence-electron chi connectivity index (χ0n) is 15.5. The van der Waals surface area contributed by atoms with Crippen molar-refractivity contribution in [1.29, 1.82) is 0 Å². The maximum atomic E-state index is 12.2. The molecule has 6 heteroatoms. The van der Waals surface area contributed by atoms with Gasteiger partial charge in [-0.1, -0.05) is 12.1 Å². The molecular weight excluding hydrogens is 322 g/mol. The number of esters is 1. The fraction of sp³-hybridized carbons (Fsp3) is 0.526. The molecule has 0 spiro atoms. The van der Waals surface area contributed by atoms with Crippen LogP contribution in [0.2, 0.25) is 0 Å². The van der Waals surface area contributed by atoms with Crippen LogP contribution in [0.5, 0.6) is 0 Å². The molecular formula is C19H27NO5. The topological polar surface area (TPSA) is 92.7 Å². The van der Waals surface area contributed by atoms with Crippen LogP contribution in [-0.2, 0) is 20.7 Å². The second-order valence-corrected chi connectivity index (χ2v) is 7.70. The Bertz CT molecular complexity index is 643. The molecule has 0 unspecified atom stereocenters. The highest BCUT2D eigenvalue weighted by atomic mass is 16.6. The van der Waals surface area contributed by atoms with Gasteiger partial charge in [0.15, 0.2) is 0 Å². The molecule has 0 saturated carbocycles. The average molecular weight is 349 g/mol. The second kappa shape index (κ2) is 8.14. The van der Waals surface area contributed by atoms with Crippen LogP contribution in [0, 0.1) is 0 Å². The number of carboxylic acids is 1. The van der Waals surface area contributed by atoms with E-state index in [9.17, 15) is 14.4 Å². The third-order valence-electron chi connectivity index (χ3n) is 3.39. The Morgan fingerprint density at radius 2 is 1.76 bits per heavy atom. The number of rotatable bonds is 7. The lowest BCUT2D eigenvalue weighted by Crippen LogP contribution is -2.44. The van der Waals surface area contributed by atoms with Crippen molar-refractivity contribution in [3.05, 3.63) is 35.4 Å². The smallest absolute Gasteiger partial charge is 0.335 e. The summed E-state index contributed by atoms with van der Waals surface area (Å²) in [5, 5.41) is 11.9. The second-order valence-electron chi connectivity index (χ2n) is 7.70. The Hall–Kier alpha value is -2.37. The maximum Gasteiger partial charge on any atom is 0.335 e. The molecule has 0 saturated heterocycles. The minimum absolute atomic E-state index is 0.0803. The van der Waals surface area contributed by atoms with Crippen molar-refractivity contribution in [2.24, 2.45) is 0 Å². The first kappa shape index (κ1) is 20.7. The van der Waals surface area contributed by atoms with Gasteiger partial charge in [-0.15, -0.1) is 0 Å². The van der Waals surface area contributed by atoms with Crippen LogP contribution in [0.3, 0.4) is 0 Å². The standard InChI is InChI=1S/C19H27NO5/c1-18(2,3)25-16(22)9-10-19(4,5)20-15(21)12-13-7-6-8-14(11-13)17(23)24/h6-8,11H,9-10,12H2,1-5H3,(H,20,21)(H,23,24). The number of hydrogen-bond donors (Lipinski definition) is 2. The van der Waals surface area contributed by atoms with Gasteiger partial charge >= 0.3 is 11.9 Å². The van der Waals surface area contributed by atoms with E-state index in [1.807, 2.05) is 34.6 Å². The summed E-state index contributed by atoms with van der Waals surface area (Å²) in [4.78, 5) is 35.0. The van der Waals surface area contributed by atoms with E-state index in [-0.39, 0.29) is 30.3 Å². The molecule has 0 aliphatic rings. The molecule has 0 aliphatic carbocycles. The zero-order valence-corrected chi connectivity index (χ0v) is 15.5. The third kappa shape index (κ3) is 8.33. The first-order valence-electron chi connectivity index (χ1n) is 8.23. The molecule has 0 bridgehead atoms. The number of benzene rings is 1. The van der Waals surface area contributed by atoms with Crippen LogP contribution in [-0.4, -0.2) is 34.1 Å². The largest absolute Gasteiger partial charge is 0.478 e. The van der Waals surface area contributed by atoms with Gasteiger partial charge in [0.25, 0.3) is 0 Å². The number of carboxylic acid groups (broad SMARTS) is 1. The molecule has 0 heterocycles. The Morgan fingerprint density at radius 3 is 2.32 bits per heavy atom.